The van der Waals surface area contributed by atoms with Crippen molar-refractivity contribution in [1.82, 2.24) is 9.47 Å². The number of aryl methyl sites for hydroxylation is 2. The lowest BCUT2D eigenvalue weighted by atomic mass is 10.0. The first-order chi connectivity index (χ1) is 12.1. The average molecular weight is 330 g/mol. The monoisotopic (exact) mass is 330 g/mol. The highest BCUT2D eigenvalue weighted by Crippen LogP contribution is 2.31. The van der Waals surface area contributed by atoms with E-state index in [0.717, 1.165) is 26.1 Å². The van der Waals surface area contributed by atoms with Crippen LogP contribution in [0.25, 0.3) is 17.0 Å². The molecule has 0 fully saturated rings. The molecule has 1 aliphatic heterocycles. The van der Waals surface area contributed by atoms with Gasteiger partial charge in [-0.15, -0.1) is 0 Å². The number of rotatable bonds is 3. The predicted molar refractivity (Wildman–Crippen MR) is 107 cm³/mol. The SMILES string of the molecule is Cc1ccc(C=CCn2c3c(c4cc(C)ccc42)CN(C)CC3)cc1. The number of aromatic nitrogens is 1. The average Bonchev–Trinajstić information content (AvgIpc) is 2.89. The predicted octanol–water partition coefficient (Wildman–Crippen LogP) is 4.96. The Balaban J connectivity index is 1.70. The molecule has 3 aromatic rings. The van der Waals surface area contributed by atoms with Crippen molar-refractivity contribution in [2.75, 3.05) is 13.6 Å². The molecule has 0 radical (unpaired) electrons. The Morgan fingerprint density at radius 1 is 1.00 bits per heavy atom. The lowest BCUT2D eigenvalue weighted by Crippen LogP contribution is -2.27. The number of likely N-dealkylation sites (N-methyl/N-ethyl adjacent to an activating group) is 1. The Morgan fingerprint density at radius 3 is 2.56 bits per heavy atom. The molecule has 0 amide bonds. The molecule has 0 atom stereocenters. The molecule has 128 valence electrons. The molecule has 1 aromatic heterocycles. The minimum atomic E-state index is 0.937. The molecule has 0 N–H and O–H groups in total. The smallest absolute Gasteiger partial charge is 0.0489 e. The van der Waals surface area contributed by atoms with Crippen molar-refractivity contribution < 1.29 is 0 Å². The fourth-order valence-electron chi connectivity index (χ4n) is 3.88. The summed E-state index contributed by atoms with van der Waals surface area (Å²) < 4.78 is 2.52. The molecule has 4 rings (SSSR count). The van der Waals surface area contributed by atoms with Crippen LogP contribution in [0.2, 0.25) is 0 Å². The van der Waals surface area contributed by atoms with Gasteiger partial charge in [-0.1, -0.05) is 53.6 Å². The van der Waals surface area contributed by atoms with Crippen LogP contribution in [0.3, 0.4) is 0 Å². The summed E-state index contributed by atoms with van der Waals surface area (Å²) in [5.74, 6) is 0. The van der Waals surface area contributed by atoms with Crippen molar-refractivity contribution in [2.24, 2.45) is 0 Å². The first kappa shape index (κ1) is 16.2. The van der Waals surface area contributed by atoms with Crippen LogP contribution in [-0.2, 0) is 19.5 Å². The van der Waals surface area contributed by atoms with E-state index in [1.165, 1.54) is 38.9 Å². The van der Waals surface area contributed by atoms with Gasteiger partial charge in [0, 0.05) is 42.7 Å². The molecule has 2 heterocycles. The van der Waals surface area contributed by atoms with Gasteiger partial charge in [0.2, 0.25) is 0 Å². The first-order valence-corrected chi connectivity index (χ1v) is 9.14. The van der Waals surface area contributed by atoms with Crippen molar-refractivity contribution in [3.63, 3.8) is 0 Å². The standard InChI is InChI=1S/C23H26N2/c1-17-6-9-19(10-7-17)5-4-13-25-22-11-8-18(2)15-20(22)21-16-24(3)14-12-23(21)25/h4-11,15H,12-14,16H2,1-3H3. The molecule has 1 aliphatic rings. The van der Waals surface area contributed by atoms with E-state index in [0.29, 0.717) is 0 Å². The van der Waals surface area contributed by atoms with Crippen LogP contribution in [-0.4, -0.2) is 23.1 Å². The molecule has 0 spiro atoms. The fraction of sp³-hybridized carbons (Fsp3) is 0.304. The molecule has 0 bridgehead atoms. The normalized spacial score (nSPS) is 15.2. The van der Waals surface area contributed by atoms with Gasteiger partial charge >= 0.3 is 0 Å². The highest BCUT2D eigenvalue weighted by Gasteiger charge is 2.21. The zero-order chi connectivity index (χ0) is 17.4. The molecule has 2 heteroatoms. The number of hydrogen-bond acceptors (Lipinski definition) is 1. The van der Waals surface area contributed by atoms with Gasteiger partial charge < -0.3 is 9.47 Å². The van der Waals surface area contributed by atoms with Crippen molar-refractivity contribution in [2.45, 2.75) is 33.4 Å². The maximum Gasteiger partial charge on any atom is 0.0489 e. The summed E-state index contributed by atoms with van der Waals surface area (Å²) in [6.45, 7) is 7.46. The lowest BCUT2D eigenvalue weighted by molar-refractivity contribution is 0.310. The van der Waals surface area contributed by atoms with E-state index in [4.69, 9.17) is 0 Å². The second kappa shape index (κ2) is 6.53. The Morgan fingerprint density at radius 2 is 1.76 bits per heavy atom. The highest BCUT2D eigenvalue weighted by atomic mass is 15.1. The number of fused-ring (bicyclic) bond motifs is 3. The number of nitrogens with zero attached hydrogens (tertiary/aromatic N) is 2. The van der Waals surface area contributed by atoms with Crippen LogP contribution in [0.4, 0.5) is 0 Å². The second-order valence-corrected chi connectivity index (χ2v) is 7.36. The molecule has 0 unspecified atom stereocenters. The van der Waals surface area contributed by atoms with Crippen LogP contribution in [0.1, 0.15) is 27.9 Å². The van der Waals surface area contributed by atoms with Crippen LogP contribution >= 0.6 is 0 Å². The summed E-state index contributed by atoms with van der Waals surface area (Å²) in [4.78, 5) is 2.43. The third kappa shape index (κ3) is 3.14. The van der Waals surface area contributed by atoms with E-state index in [2.05, 4.69) is 85.0 Å². The maximum atomic E-state index is 2.52. The van der Waals surface area contributed by atoms with Gasteiger partial charge in [0.15, 0.2) is 0 Å². The summed E-state index contributed by atoms with van der Waals surface area (Å²) in [5.41, 5.74) is 8.34. The van der Waals surface area contributed by atoms with Crippen LogP contribution < -0.4 is 0 Å². The minimum Gasteiger partial charge on any atom is -0.340 e. The van der Waals surface area contributed by atoms with E-state index >= 15 is 0 Å². The lowest BCUT2D eigenvalue weighted by Gasteiger charge is -2.24. The van der Waals surface area contributed by atoms with Crippen LogP contribution in [0.5, 0.6) is 0 Å². The van der Waals surface area contributed by atoms with E-state index < -0.39 is 0 Å². The fourth-order valence-corrected chi connectivity index (χ4v) is 3.88. The minimum absolute atomic E-state index is 0.937. The first-order valence-electron chi connectivity index (χ1n) is 9.14. The van der Waals surface area contributed by atoms with Crippen molar-refractivity contribution in [3.05, 3.63) is 76.5 Å². The summed E-state index contributed by atoms with van der Waals surface area (Å²) >= 11 is 0. The molecule has 2 aromatic carbocycles. The van der Waals surface area contributed by atoms with Crippen molar-refractivity contribution in [1.29, 1.82) is 0 Å². The summed E-state index contributed by atoms with van der Waals surface area (Å²) in [7, 11) is 2.22. The summed E-state index contributed by atoms with van der Waals surface area (Å²) in [6, 6.07) is 15.6. The summed E-state index contributed by atoms with van der Waals surface area (Å²) in [5, 5.41) is 1.44. The van der Waals surface area contributed by atoms with Crippen LogP contribution in [0.15, 0.2) is 48.5 Å². The molecular weight excluding hydrogens is 304 g/mol. The molecule has 0 saturated carbocycles. The zero-order valence-corrected chi connectivity index (χ0v) is 15.4. The van der Waals surface area contributed by atoms with E-state index in [1.807, 2.05) is 0 Å². The van der Waals surface area contributed by atoms with E-state index in [9.17, 15) is 0 Å². The highest BCUT2D eigenvalue weighted by molar-refractivity contribution is 5.86. The quantitative estimate of drug-likeness (QED) is 0.659. The van der Waals surface area contributed by atoms with E-state index in [-0.39, 0.29) is 0 Å². The van der Waals surface area contributed by atoms with Gasteiger partial charge in [-0.3, -0.25) is 0 Å². The second-order valence-electron chi connectivity index (χ2n) is 7.36. The summed E-state index contributed by atoms with van der Waals surface area (Å²) in [6.07, 6.45) is 5.67. The molecule has 0 aliphatic carbocycles. The zero-order valence-electron chi connectivity index (χ0n) is 15.4. The van der Waals surface area contributed by atoms with Gasteiger partial charge in [-0.25, -0.2) is 0 Å². The Bertz CT molecular complexity index is 929. The van der Waals surface area contributed by atoms with Crippen molar-refractivity contribution >= 4 is 17.0 Å². The van der Waals surface area contributed by atoms with Gasteiger partial charge in [0.05, 0.1) is 0 Å². The maximum absolute atomic E-state index is 2.52. The molecular formula is C23H26N2. The topological polar surface area (TPSA) is 8.17 Å². The van der Waals surface area contributed by atoms with Gasteiger partial charge in [0.1, 0.15) is 0 Å². The third-order valence-electron chi connectivity index (χ3n) is 5.28. The Labute approximate surface area is 150 Å². The molecule has 0 saturated heterocycles. The van der Waals surface area contributed by atoms with Crippen molar-refractivity contribution in [3.8, 4) is 0 Å². The van der Waals surface area contributed by atoms with E-state index in [1.54, 1.807) is 0 Å². The Hall–Kier alpha value is -2.32. The number of allylic oxidation sites excluding steroid dienone is 1. The number of benzene rings is 2. The largest absolute Gasteiger partial charge is 0.340 e. The van der Waals surface area contributed by atoms with Gasteiger partial charge in [-0.05, 0) is 44.2 Å². The Kier molecular flexibility index (Phi) is 4.22. The van der Waals surface area contributed by atoms with Crippen LogP contribution in [0, 0.1) is 13.8 Å². The third-order valence-corrected chi connectivity index (χ3v) is 5.28. The number of hydrogen-bond donors (Lipinski definition) is 0. The van der Waals surface area contributed by atoms with Gasteiger partial charge in [-0.2, -0.15) is 0 Å². The molecule has 2 nitrogen and oxygen atoms in total. The molecule has 25 heavy (non-hydrogen) atoms. The van der Waals surface area contributed by atoms with Gasteiger partial charge in [0.25, 0.3) is 0 Å².